The topological polar surface area (TPSA) is 46.5 Å². The lowest BCUT2D eigenvalue weighted by molar-refractivity contribution is -0.138. The predicted octanol–water partition coefficient (Wildman–Crippen LogP) is 2.44. The van der Waals surface area contributed by atoms with Crippen molar-refractivity contribution in [3.05, 3.63) is 11.6 Å². The Morgan fingerprint density at radius 2 is 2.07 bits per heavy atom. The Bertz CT molecular complexity index is 197. The summed E-state index contributed by atoms with van der Waals surface area (Å²) in [5.74, 6) is -0.350. The molecular formula is C12H22O3. The minimum absolute atomic E-state index is 0.0818. The molecule has 0 amide bonds. The molecule has 0 saturated carbocycles. The summed E-state index contributed by atoms with van der Waals surface area (Å²) in [5.41, 5.74) is 1.05. The normalized spacial score (nSPS) is 11.5. The van der Waals surface area contributed by atoms with E-state index in [1.54, 1.807) is 0 Å². The summed E-state index contributed by atoms with van der Waals surface area (Å²) >= 11 is 0. The van der Waals surface area contributed by atoms with Gasteiger partial charge >= 0.3 is 5.97 Å². The smallest absolute Gasteiger partial charge is 0.330 e. The molecule has 0 fully saturated rings. The Kier molecular flexibility index (Phi) is 9.18. The maximum absolute atomic E-state index is 11.1. The molecule has 0 bridgehead atoms. The number of allylic oxidation sites excluding steroid dienone is 1. The van der Waals surface area contributed by atoms with E-state index in [9.17, 15) is 4.79 Å². The maximum atomic E-state index is 11.1. The highest BCUT2D eigenvalue weighted by atomic mass is 16.5. The number of carbonyl (C=O) groups excluding carboxylic acids is 1. The zero-order valence-corrected chi connectivity index (χ0v) is 9.79. The lowest BCUT2D eigenvalue weighted by Gasteiger charge is -2.02. The highest BCUT2D eigenvalue weighted by Crippen LogP contribution is 2.09. The van der Waals surface area contributed by atoms with Gasteiger partial charge in [0.1, 0.15) is 6.61 Å². The average molecular weight is 214 g/mol. The first-order chi connectivity index (χ1) is 7.20. The van der Waals surface area contributed by atoms with Crippen molar-refractivity contribution < 1.29 is 14.6 Å². The molecule has 0 aliphatic carbocycles. The fourth-order valence-corrected chi connectivity index (χ4v) is 1.29. The SMILES string of the molecule is CCCCCC/C(C)=C/C(=O)OCCO. The van der Waals surface area contributed by atoms with Crippen LogP contribution in [0, 0.1) is 0 Å². The Morgan fingerprint density at radius 1 is 1.33 bits per heavy atom. The van der Waals surface area contributed by atoms with Crippen LogP contribution in [-0.4, -0.2) is 24.3 Å². The van der Waals surface area contributed by atoms with E-state index in [4.69, 9.17) is 9.84 Å². The molecule has 15 heavy (non-hydrogen) atoms. The zero-order chi connectivity index (χ0) is 11.5. The molecule has 0 aliphatic heterocycles. The zero-order valence-electron chi connectivity index (χ0n) is 9.79. The highest BCUT2D eigenvalue weighted by molar-refractivity contribution is 5.82. The monoisotopic (exact) mass is 214 g/mol. The second-order valence-electron chi connectivity index (χ2n) is 3.69. The Balaban J connectivity index is 3.62. The van der Waals surface area contributed by atoms with Crippen LogP contribution in [0.1, 0.15) is 46.0 Å². The van der Waals surface area contributed by atoms with Crippen molar-refractivity contribution in [1.82, 2.24) is 0 Å². The van der Waals surface area contributed by atoms with Crippen molar-refractivity contribution in [2.45, 2.75) is 46.0 Å². The molecule has 88 valence electrons. The summed E-state index contributed by atoms with van der Waals surface area (Å²) < 4.78 is 4.72. The second kappa shape index (κ2) is 9.71. The Labute approximate surface area is 92.1 Å². The van der Waals surface area contributed by atoms with Crippen molar-refractivity contribution in [3.8, 4) is 0 Å². The van der Waals surface area contributed by atoms with Crippen LogP contribution in [0.15, 0.2) is 11.6 Å². The van der Waals surface area contributed by atoms with Crippen molar-refractivity contribution in [1.29, 1.82) is 0 Å². The number of carbonyl (C=O) groups is 1. The largest absolute Gasteiger partial charge is 0.460 e. The summed E-state index contributed by atoms with van der Waals surface area (Å²) in [6, 6.07) is 0. The van der Waals surface area contributed by atoms with E-state index in [-0.39, 0.29) is 19.2 Å². The molecule has 0 aromatic carbocycles. The first-order valence-corrected chi connectivity index (χ1v) is 5.65. The van der Waals surface area contributed by atoms with Crippen LogP contribution in [0.3, 0.4) is 0 Å². The van der Waals surface area contributed by atoms with E-state index in [2.05, 4.69) is 6.92 Å². The van der Waals surface area contributed by atoms with Gasteiger partial charge in [0.25, 0.3) is 0 Å². The third kappa shape index (κ3) is 9.47. The van der Waals surface area contributed by atoms with Crippen LogP contribution >= 0.6 is 0 Å². The van der Waals surface area contributed by atoms with Crippen LogP contribution in [-0.2, 0) is 9.53 Å². The fourth-order valence-electron chi connectivity index (χ4n) is 1.29. The van der Waals surface area contributed by atoms with E-state index in [1.807, 2.05) is 6.92 Å². The number of aliphatic hydroxyl groups is 1. The summed E-state index contributed by atoms with van der Waals surface area (Å²) in [4.78, 5) is 11.1. The Hall–Kier alpha value is -0.830. The van der Waals surface area contributed by atoms with E-state index in [0.29, 0.717) is 0 Å². The van der Waals surface area contributed by atoms with Gasteiger partial charge in [-0.1, -0.05) is 31.8 Å². The highest BCUT2D eigenvalue weighted by Gasteiger charge is 1.98. The summed E-state index contributed by atoms with van der Waals surface area (Å²) in [7, 11) is 0. The molecule has 0 aliphatic rings. The van der Waals surface area contributed by atoms with Gasteiger partial charge in [-0.3, -0.25) is 0 Å². The van der Waals surface area contributed by atoms with Crippen LogP contribution in [0.4, 0.5) is 0 Å². The van der Waals surface area contributed by atoms with Gasteiger partial charge in [0, 0.05) is 6.08 Å². The molecule has 0 atom stereocenters. The summed E-state index contributed by atoms with van der Waals surface area (Å²) in [5, 5.41) is 8.45. The maximum Gasteiger partial charge on any atom is 0.330 e. The van der Waals surface area contributed by atoms with Gasteiger partial charge in [-0.2, -0.15) is 0 Å². The predicted molar refractivity (Wildman–Crippen MR) is 60.6 cm³/mol. The van der Waals surface area contributed by atoms with Crippen molar-refractivity contribution >= 4 is 5.97 Å². The number of unbranched alkanes of at least 4 members (excludes halogenated alkanes) is 3. The third-order valence-electron chi connectivity index (χ3n) is 2.12. The first-order valence-electron chi connectivity index (χ1n) is 5.65. The molecule has 0 aromatic rings. The van der Waals surface area contributed by atoms with Crippen LogP contribution in [0.25, 0.3) is 0 Å². The summed E-state index contributed by atoms with van der Waals surface area (Å²) in [6.07, 6.45) is 7.29. The van der Waals surface area contributed by atoms with E-state index >= 15 is 0 Å². The standard InChI is InChI=1S/C12H22O3/c1-3-4-5-6-7-11(2)10-12(14)15-9-8-13/h10,13H,3-9H2,1-2H3/b11-10+. The molecule has 0 saturated heterocycles. The van der Waals surface area contributed by atoms with E-state index < -0.39 is 0 Å². The van der Waals surface area contributed by atoms with Crippen molar-refractivity contribution in [3.63, 3.8) is 0 Å². The van der Waals surface area contributed by atoms with Crippen molar-refractivity contribution in [2.75, 3.05) is 13.2 Å². The van der Waals surface area contributed by atoms with E-state index in [0.717, 1.165) is 18.4 Å². The van der Waals surface area contributed by atoms with Gasteiger partial charge in [-0.25, -0.2) is 4.79 Å². The van der Waals surface area contributed by atoms with Gasteiger partial charge in [0.05, 0.1) is 6.61 Å². The van der Waals surface area contributed by atoms with Gasteiger partial charge in [-0.05, 0) is 19.8 Å². The molecule has 0 rings (SSSR count). The number of aliphatic hydroxyl groups excluding tert-OH is 1. The second-order valence-corrected chi connectivity index (χ2v) is 3.69. The van der Waals surface area contributed by atoms with Crippen LogP contribution in [0.2, 0.25) is 0 Å². The van der Waals surface area contributed by atoms with Gasteiger partial charge in [-0.15, -0.1) is 0 Å². The number of hydrogen-bond acceptors (Lipinski definition) is 3. The molecule has 1 N–H and O–H groups in total. The van der Waals surface area contributed by atoms with E-state index in [1.165, 1.54) is 25.3 Å². The third-order valence-corrected chi connectivity index (χ3v) is 2.12. The van der Waals surface area contributed by atoms with Crippen LogP contribution in [0.5, 0.6) is 0 Å². The average Bonchev–Trinajstić information content (AvgIpc) is 2.21. The lowest BCUT2D eigenvalue weighted by Crippen LogP contribution is -2.05. The number of rotatable bonds is 8. The summed E-state index contributed by atoms with van der Waals surface area (Å²) in [6.45, 7) is 4.08. The van der Waals surface area contributed by atoms with Crippen molar-refractivity contribution in [2.24, 2.45) is 0 Å². The molecule has 3 heteroatoms. The molecule has 0 heterocycles. The molecule has 0 spiro atoms. The van der Waals surface area contributed by atoms with Gasteiger partial charge in [0.15, 0.2) is 0 Å². The molecule has 3 nitrogen and oxygen atoms in total. The fraction of sp³-hybridized carbons (Fsp3) is 0.750. The first kappa shape index (κ1) is 14.2. The number of ether oxygens (including phenoxy) is 1. The minimum Gasteiger partial charge on any atom is -0.460 e. The molecule has 0 unspecified atom stereocenters. The van der Waals surface area contributed by atoms with Crippen LogP contribution < -0.4 is 0 Å². The molecular weight excluding hydrogens is 192 g/mol. The van der Waals surface area contributed by atoms with Gasteiger partial charge in [0.2, 0.25) is 0 Å². The molecule has 0 aromatic heterocycles. The minimum atomic E-state index is -0.350. The number of esters is 1. The quantitative estimate of drug-likeness (QED) is 0.383. The molecule has 0 radical (unpaired) electrons. The Morgan fingerprint density at radius 3 is 2.67 bits per heavy atom. The lowest BCUT2D eigenvalue weighted by atomic mass is 10.1. The van der Waals surface area contributed by atoms with Gasteiger partial charge < -0.3 is 9.84 Å². The number of hydrogen-bond donors (Lipinski definition) is 1.